The van der Waals surface area contributed by atoms with Gasteiger partial charge >= 0.3 is 5.97 Å². The molecule has 2 aliphatic heterocycles. The van der Waals surface area contributed by atoms with Gasteiger partial charge in [0.1, 0.15) is 24.4 Å². The summed E-state index contributed by atoms with van der Waals surface area (Å²) in [5, 5.41) is 52.8. The van der Waals surface area contributed by atoms with E-state index in [4.69, 9.17) is 9.47 Å². The number of hydrogen-bond donors (Lipinski definition) is 5. The average molecular weight is 480 g/mol. The number of likely N-dealkylation sites (tertiary alicyclic amines) is 1. The first-order valence-electron chi connectivity index (χ1n) is 12.2. The second-order valence-electron chi connectivity index (χ2n) is 11.0. The fraction of sp³-hybridized carbons (Fsp3) is 0.870. The molecule has 3 unspecified atom stereocenters. The number of carbonyl (C=O) groups excluding carboxylic acids is 1. The van der Waals surface area contributed by atoms with Gasteiger partial charge in [-0.2, -0.15) is 5.26 Å². The van der Waals surface area contributed by atoms with Gasteiger partial charge in [0.05, 0.1) is 18.2 Å². The number of hydrogen-bond acceptors (Lipinski definition) is 9. The summed E-state index contributed by atoms with van der Waals surface area (Å²) in [4.78, 5) is 26.0. The molecule has 11 nitrogen and oxygen atoms in total. The Hall–Kier alpha value is -1.81. The molecule has 11 heteroatoms. The predicted octanol–water partition coefficient (Wildman–Crippen LogP) is -0.909. The standard InChI is InChI=1S/C23H33N3O8/c24-9-14-2-1-3-26(14)15(27)10-25-22-5-12-4-13(6-22)8-23(7-12,11-22)34-21-18(30)16(28)17(29)19(33-21)20(31)32/h12-14,16-19,21,25,28-30H,1-8,10-11H2,(H,31,32)/t12?,13?,14-,16-,17-,18+,19-,21?,22?,23?/m0/s1. The number of rotatable bonds is 6. The lowest BCUT2D eigenvalue weighted by Crippen LogP contribution is -2.68. The van der Waals surface area contributed by atoms with Crippen molar-refractivity contribution in [3.8, 4) is 6.07 Å². The van der Waals surface area contributed by atoms with Crippen LogP contribution in [0.3, 0.4) is 0 Å². The van der Waals surface area contributed by atoms with Crippen LogP contribution in [0.1, 0.15) is 51.4 Å². The molecule has 4 aliphatic carbocycles. The summed E-state index contributed by atoms with van der Waals surface area (Å²) in [5.74, 6) is -0.808. The minimum atomic E-state index is -1.76. The molecule has 0 aromatic rings. The van der Waals surface area contributed by atoms with Crippen LogP contribution >= 0.6 is 0 Å². The molecule has 0 aromatic carbocycles. The summed E-state index contributed by atoms with van der Waals surface area (Å²) in [7, 11) is 0. The number of amides is 1. The second kappa shape index (κ2) is 8.69. The Morgan fingerprint density at radius 2 is 1.82 bits per heavy atom. The van der Waals surface area contributed by atoms with E-state index in [1.165, 1.54) is 0 Å². The van der Waals surface area contributed by atoms with E-state index in [9.17, 15) is 35.3 Å². The van der Waals surface area contributed by atoms with Crippen LogP contribution in [0.5, 0.6) is 0 Å². The maximum absolute atomic E-state index is 12.8. The summed E-state index contributed by atoms with van der Waals surface area (Å²) < 4.78 is 11.7. The van der Waals surface area contributed by atoms with Gasteiger partial charge in [-0.25, -0.2) is 4.79 Å². The summed E-state index contributed by atoms with van der Waals surface area (Å²) >= 11 is 0. The number of nitrogens with zero attached hydrogens (tertiary/aromatic N) is 2. The van der Waals surface area contributed by atoms with Crippen molar-refractivity contribution in [3.05, 3.63) is 0 Å². The summed E-state index contributed by atoms with van der Waals surface area (Å²) in [6.45, 7) is 0.738. The van der Waals surface area contributed by atoms with Crippen molar-refractivity contribution >= 4 is 11.9 Å². The van der Waals surface area contributed by atoms with Gasteiger partial charge in [-0.05, 0) is 63.2 Å². The fourth-order valence-corrected chi connectivity index (χ4v) is 7.48. The largest absolute Gasteiger partial charge is 0.479 e. The lowest BCUT2D eigenvalue weighted by molar-refractivity contribution is -0.337. The zero-order valence-electron chi connectivity index (χ0n) is 19.0. The Labute approximate surface area is 197 Å². The minimum Gasteiger partial charge on any atom is -0.479 e. The van der Waals surface area contributed by atoms with Crippen LogP contribution in [0.4, 0.5) is 0 Å². The molecule has 34 heavy (non-hydrogen) atoms. The van der Waals surface area contributed by atoms with Gasteiger partial charge in [0.15, 0.2) is 12.4 Å². The third kappa shape index (κ3) is 4.10. The maximum atomic E-state index is 12.8. The topological polar surface area (TPSA) is 173 Å². The highest BCUT2D eigenvalue weighted by Gasteiger charge is 2.60. The van der Waals surface area contributed by atoms with Gasteiger partial charge in [-0.3, -0.25) is 4.79 Å². The monoisotopic (exact) mass is 479 g/mol. The van der Waals surface area contributed by atoms with Crippen LogP contribution in [-0.4, -0.2) is 98.2 Å². The van der Waals surface area contributed by atoms with E-state index in [-0.39, 0.29) is 24.0 Å². The van der Waals surface area contributed by atoms with Crippen LogP contribution in [-0.2, 0) is 19.1 Å². The quantitative estimate of drug-likeness (QED) is 0.321. The first-order valence-corrected chi connectivity index (χ1v) is 12.2. The highest BCUT2D eigenvalue weighted by molar-refractivity contribution is 5.79. The Bertz CT molecular complexity index is 863. The summed E-state index contributed by atoms with van der Waals surface area (Å²) in [5.41, 5.74) is -1.01. The average Bonchev–Trinajstić information content (AvgIpc) is 3.26. The number of aliphatic carboxylic acids is 1. The first-order chi connectivity index (χ1) is 16.1. The molecule has 0 spiro atoms. The molecule has 6 rings (SSSR count). The normalized spacial score (nSPS) is 47.5. The molecule has 4 bridgehead atoms. The zero-order valence-corrected chi connectivity index (χ0v) is 19.0. The molecular formula is C23H33N3O8. The summed E-state index contributed by atoms with van der Waals surface area (Å²) in [6, 6.07) is 1.84. The van der Waals surface area contributed by atoms with Gasteiger partial charge in [0, 0.05) is 12.1 Å². The van der Waals surface area contributed by atoms with Crippen LogP contribution in [0, 0.1) is 23.2 Å². The van der Waals surface area contributed by atoms with E-state index in [1.54, 1.807) is 4.90 Å². The van der Waals surface area contributed by atoms with Gasteiger partial charge in [-0.1, -0.05) is 0 Å². The Balaban J connectivity index is 1.29. The van der Waals surface area contributed by atoms with Crippen LogP contribution in [0.25, 0.3) is 0 Å². The second-order valence-corrected chi connectivity index (χ2v) is 11.0. The number of carboxylic acids is 1. The molecule has 2 heterocycles. The molecule has 6 aliphatic rings. The predicted molar refractivity (Wildman–Crippen MR) is 114 cm³/mol. The smallest absolute Gasteiger partial charge is 0.335 e. The molecule has 6 fully saturated rings. The van der Waals surface area contributed by atoms with Crippen molar-refractivity contribution in [1.29, 1.82) is 5.26 Å². The molecule has 188 valence electrons. The van der Waals surface area contributed by atoms with E-state index >= 15 is 0 Å². The van der Waals surface area contributed by atoms with E-state index < -0.39 is 42.3 Å². The van der Waals surface area contributed by atoms with Crippen LogP contribution < -0.4 is 5.32 Å². The lowest BCUT2D eigenvalue weighted by atomic mass is 9.51. The molecular weight excluding hydrogens is 446 g/mol. The van der Waals surface area contributed by atoms with Crippen molar-refractivity contribution in [2.45, 2.75) is 99.3 Å². The third-order valence-corrected chi connectivity index (χ3v) is 8.52. The van der Waals surface area contributed by atoms with E-state index in [0.717, 1.165) is 38.5 Å². The number of nitrogens with one attached hydrogen (secondary N) is 1. The lowest BCUT2D eigenvalue weighted by Gasteiger charge is -2.62. The van der Waals surface area contributed by atoms with E-state index in [1.807, 2.05) is 0 Å². The van der Waals surface area contributed by atoms with E-state index in [0.29, 0.717) is 31.2 Å². The number of aliphatic hydroxyl groups excluding tert-OH is 3. The molecule has 2 saturated heterocycles. The van der Waals surface area contributed by atoms with E-state index in [2.05, 4.69) is 11.4 Å². The van der Waals surface area contributed by atoms with Gasteiger partial charge in [0.2, 0.25) is 5.91 Å². The molecule has 0 aromatic heterocycles. The molecule has 5 N–H and O–H groups in total. The highest BCUT2D eigenvalue weighted by Crippen LogP contribution is 2.59. The maximum Gasteiger partial charge on any atom is 0.335 e. The number of carbonyl (C=O) groups is 2. The molecule has 8 atom stereocenters. The van der Waals surface area contributed by atoms with Crippen molar-refractivity contribution < 1.29 is 39.5 Å². The summed E-state index contributed by atoms with van der Waals surface area (Å²) in [6.07, 6.45) is -1.70. The van der Waals surface area contributed by atoms with Crippen LogP contribution in [0.15, 0.2) is 0 Å². The number of aliphatic hydroxyl groups is 3. The molecule has 4 saturated carbocycles. The van der Waals surface area contributed by atoms with Gasteiger partial charge in [-0.15, -0.1) is 0 Å². The van der Waals surface area contributed by atoms with Crippen molar-refractivity contribution in [1.82, 2.24) is 10.2 Å². The van der Waals surface area contributed by atoms with Crippen molar-refractivity contribution in [2.75, 3.05) is 13.1 Å². The van der Waals surface area contributed by atoms with Crippen LogP contribution in [0.2, 0.25) is 0 Å². The Kier molecular flexibility index (Phi) is 6.11. The highest BCUT2D eigenvalue weighted by atomic mass is 16.7. The Morgan fingerprint density at radius 1 is 1.12 bits per heavy atom. The van der Waals surface area contributed by atoms with Gasteiger partial charge < -0.3 is 40.1 Å². The minimum absolute atomic E-state index is 0.0813. The third-order valence-electron chi connectivity index (χ3n) is 8.52. The number of carboxylic acid groups (broad SMARTS) is 1. The molecule has 0 radical (unpaired) electrons. The fourth-order valence-electron chi connectivity index (χ4n) is 7.48. The van der Waals surface area contributed by atoms with Crippen molar-refractivity contribution in [3.63, 3.8) is 0 Å². The first kappa shape index (κ1) is 23.9. The van der Waals surface area contributed by atoms with Crippen molar-refractivity contribution in [2.24, 2.45) is 11.8 Å². The number of nitriles is 1. The molecule has 1 amide bonds. The SMILES string of the molecule is N#C[C@@H]1CCCN1C(=O)CNC12CC3CC(C1)CC(OC1O[C@H](C(=O)O)[C@@H](O)[C@H](O)[C@H]1O)(C3)C2. The van der Waals surface area contributed by atoms with Gasteiger partial charge in [0.25, 0.3) is 0 Å². The zero-order chi connectivity index (χ0) is 24.3. The number of ether oxygens (including phenoxy) is 2. The Morgan fingerprint density at radius 3 is 2.47 bits per heavy atom.